The molecule has 1 N–H and O–H groups in total. The topological polar surface area (TPSA) is 69.0 Å². The molecule has 0 saturated carbocycles. The lowest BCUT2D eigenvalue weighted by Crippen LogP contribution is -2.39. The molecule has 1 amide bonds. The highest BCUT2D eigenvalue weighted by atomic mass is 16.5. The van der Waals surface area contributed by atoms with E-state index in [2.05, 4.69) is 32.0 Å². The molecule has 2 aromatic heterocycles. The van der Waals surface area contributed by atoms with Crippen LogP contribution in [0.1, 0.15) is 16.2 Å². The SMILES string of the molecule is O=C(NCC1Cn2c(-c3ccccc3)cnc2CO1)c1cccnc1. The maximum atomic E-state index is 12.1. The van der Waals surface area contributed by atoms with Crippen molar-refractivity contribution < 1.29 is 9.53 Å². The molecule has 1 atom stereocenters. The van der Waals surface area contributed by atoms with Gasteiger partial charge >= 0.3 is 0 Å². The number of rotatable bonds is 4. The van der Waals surface area contributed by atoms with Gasteiger partial charge in [-0.15, -0.1) is 0 Å². The van der Waals surface area contributed by atoms with Gasteiger partial charge in [0.05, 0.1) is 30.1 Å². The molecule has 0 spiro atoms. The molecule has 126 valence electrons. The van der Waals surface area contributed by atoms with E-state index in [1.807, 2.05) is 24.4 Å². The van der Waals surface area contributed by atoms with Gasteiger partial charge in [-0.25, -0.2) is 4.98 Å². The third-order valence-corrected chi connectivity index (χ3v) is 4.26. The highest BCUT2D eigenvalue weighted by molar-refractivity contribution is 5.93. The van der Waals surface area contributed by atoms with Crippen LogP contribution >= 0.6 is 0 Å². The first kappa shape index (κ1) is 15.5. The molecule has 6 heteroatoms. The molecule has 0 radical (unpaired) electrons. The third-order valence-electron chi connectivity index (χ3n) is 4.26. The minimum Gasteiger partial charge on any atom is -0.367 e. The normalized spacial score (nSPS) is 16.2. The number of pyridine rings is 1. The Balaban J connectivity index is 1.44. The molecule has 0 bridgehead atoms. The van der Waals surface area contributed by atoms with Crippen molar-refractivity contribution in [1.29, 1.82) is 0 Å². The number of nitrogens with zero attached hydrogens (tertiary/aromatic N) is 3. The van der Waals surface area contributed by atoms with E-state index in [1.165, 1.54) is 0 Å². The molecule has 6 nitrogen and oxygen atoms in total. The number of imidazole rings is 1. The largest absolute Gasteiger partial charge is 0.367 e. The molecule has 0 aliphatic carbocycles. The third kappa shape index (κ3) is 3.29. The average molecular weight is 334 g/mol. The first-order valence-corrected chi connectivity index (χ1v) is 8.21. The van der Waals surface area contributed by atoms with Gasteiger partial charge in [0.15, 0.2) is 0 Å². The van der Waals surface area contributed by atoms with Crippen molar-refractivity contribution in [1.82, 2.24) is 19.9 Å². The van der Waals surface area contributed by atoms with Crippen LogP contribution in [-0.4, -0.2) is 33.1 Å². The quantitative estimate of drug-likeness (QED) is 0.795. The minimum atomic E-state index is -0.142. The Labute approximate surface area is 145 Å². The Hall–Kier alpha value is -2.99. The van der Waals surface area contributed by atoms with E-state index in [4.69, 9.17) is 4.74 Å². The molecule has 3 heterocycles. The highest BCUT2D eigenvalue weighted by Crippen LogP contribution is 2.24. The average Bonchev–Trinajstić information content (AvgIpc) is 3.10. The number of hydrogen-bond donors (Lipinski definition) is 1. The number of benzene rings is 1. The molecule has 1 unspecified atom stereocenters. The lowest BCUT2D eigenvalue weighted by molar-refractivity contribution is 0.00374. The zero-order valence-corrected chi connectivity index (χ0v) is 13.6. The summed E-state index contributed by atoms with van der Waals surface area (Å²) in [6.07, 6.45) is 4.99. The van der Waals surface area contributed by atoms with E-state index >= 15 is 0 Å². The van der Waals surface area contributed by atoms with Gasteiger partial charge in [0.2, 0.25) is 0 Å². The highest BCUT2D eigenvalue weighted by Gasteiger charge is 2.23. The molecular formula is C19H18N4O2. The lowest BCUT2D eigenvalue weighted by Gasteiger charge is -2.26. The maximum Gasteiger partial charge on any atom is 0.252 e. The van der Waals surface area contributed by atoms with Gasteiger partial charge in [0.25, 0.3) is 5.91 Å². The van der Waals surface area contributed by atoms with Crippen LogP contribution in [0, 0.1) is 0 Å². The van der Waals surface area contributed by atoms with Gasteiger partial charge in [-0.3, -0.25) is 9.78 Å². The Kier molecular flexibility index (Phi) is 4.26. The summed E-state index contributed by atoms with van der Waals surface area (Å²) in [6, 6.07) is 13.6. The van der Waals surface area contributed by atoms with E-state index in [9.17, 15) is 4.79 Å². The monoisotopic (exact) mass is 334 g/mol. The van der Waals surface area contributed by atoms with Gasteiger partial charge in [-0.1, -0.05) is 30.3 Å². The second-order valence-electron chi connectivity index (χ2n) is 5.92. The summed E-state index contributed by atoms with van der Waals surface area (Å²) in [5, 5.41) is 2.91. The van der Waals surface area contributed by atoms with E-state index in [-0.39, 0.29) is 12.0 Å². The van der Waals surface area contributed by atoms with Crippen LogP contribution in [0.4, 0.5) is 0 Å². The van der Waals surface area contributed by atoms with Gasteiger partial charge in [0.1, 0.15) is 12.4 Å². The van der Waals surface area contributed by atoms with Crippen LogP contribution in [0.25, 0.3) is 11.3 Å². The van der Waals surface area contributed by atoms with E-state index in [1.54, 1.807) is 24.5 Å². The zero-order chi connectivity index (χ0) is 17.1. The summed E-state index contributed by atoms with van der Waals surface area (Å²) in [5.74, 6) is 0.769. The van der Waals surface area contributed by atoms with Crippen LogP contribution in [-0.2, 0) is 17.9 Å². The van der Waals surface area contributed by atoms with E-state index in [0.29, 0.717) is 25.3 Å². The summed E-state index contributed by atoms with van der Waals surface area (Å²) in [5.41, 5.74) is 2.75. The molecular weight excluding hydrogens is 316 g/mol. The summed E-state index contributed by atoms with van der Waals surface area (Å²) in [7, 11) is 0. The number of carbonyl (C=O) groups is 1. The summed E-state index contributed by atoms with van der Waals surface area (Å²) in [4.78, 5) is 20.6. The Morgan fingerprint density at radius 2 is 2.08 bits per heavy atom. The predicted molar refractivity (Wildman–Crippen MR) is 92.8 cm³/mol. The molecule has 1 aliphatic rings. The standard InChI is InChI=1S/C19H18N4O2/c24-19(15-7-4-8-20-9-15)22-10-16-12-23-17(11-21-18(23)13-25-16)14-5-2-1-3-6-14/h1-9,11,16H,10,12-13H2,(H,22,24). The first-order chi connectivity index (χ1) is 12.3. The number of nitrogens with one attached hydrogen (secondary N) is 1. The van der Waals surface area contributed by atoms with Crippen molar-refractivity contribution in [2.75, 3.05) is 6.54 Å². The van der Waals surface area contributed by atoms with Crippen molar-refractivity contribution in [2.24, 2.45) is 0 Å². The van der Waals surface area contributed by atoms with Crippen LogP contribution in [0.15, 0.2) is 61.1 Å². The number of amides is 1. The number of aromatic nitrogens is 3. The number of ether oxygens (including phenoxy) is 1. The van der Waals surface area contributed by atoms with Crippen molar-refractivity contribution in [3.63, 3.8) is 0 Å². The van der Waals surface area contributed by atoms with Gasteiger partial charge < -0.3 is 14.6 Å². The number of fused-ring (bicyclic) bond motifs is 1. The van der Waals surface area contributed by atoms with Gasteiger partial charge in [-0.2, -0.15) is 0 Å². The van der Waals surface area contributed by atoms with E-state index < -0.39 is 0 Å². The molecule has 3 aromatic rings. The zero-order valence-electron chi connectivity index (χ0n) is 13.6. The fourth-order valence-corrected chi connectivity index (χ4v) is 2.95. The van der Waals surface area contributed by atoms with Gasteiger partial charge in [0, 0.05) is 18.9 Å². The molecule has 0 fully saturated rings. The maximum absolute atomic E-state index is 12.1. The fraction of sp³-hybridized carbons (Fsp3) is 0.211. The molecule has 0 saturated heterocycles. The number of carbonyl (C=O) groups excluding carboxylic acids is 1. The molecule has 25 heavy (non-hydrogen) atoms. The number of hydrogen-bond acceptors (Lipinski definition) is 4. The van der Waals surface area contributed by atoms with Crippen molar-refractivity contribution in [3.05, 3.63) is 72.4 Å². The molecule has 1 aromatic carbocycles. The summed E-state index contributed by atoms with van der Waals surface area (Å²) >= 11 is 0. The second-order valence-corrected chi connectivity index (χ2v) is 5.92. The smallest absolute Gasteiger partial charge is 0.252 e. The van der Waals surface area contributed by atoms with Crippen LogP contribution in [0.3, 0.4) is 0 Å². The Morgan fingerprint density at radius 1 is 1.20 bits per heavy atom. The minimum absolute atomic E-state index is 0.0928. The summed E-state index contributed by atoms with van der Waals surface area (Å²) in [6.45, 7) is 1.55. The van der Waals surface area contributed by atoms with Gasteiger partial charge in [-0.05, 0) is 17.7 Å². The Morgan fingerprint density at radius 3 is 2.88 bits per heavy atom. The summed E-state index contributed by atoms with van der Waals surface area (Å²) < 4.78 is 7.99. The fourth-order valence-electron chi connectivity index (χ4n) is 2.95. The Bertz CT molecular complexity index is 862. The van der Waals surface area contributed by atoms with Crippen LogP contribution in [0.2, 0.25) is 0 Å². The van der Waals surface area contributed by atoms with Crippen molar-refractivity contribution >= 4 is 5.91 Å². The van der Waals surface area contributed by atoms with Crippen molar-refractivity contribution in [2.45, 2.75) is 19.3 Å². The lowest BCUT2D eigenvalue weighted by atomic mass is 10.1. The van der Waals surface area contributed by atoms with Crippen LogP contribution in [0.5, 0.6) is 0 Å². The van der Waals surface area contributed by atoms with Crippen molar-refractivity contribution in [3.8, 4) is 11.3 Å². The first-order valence-electron chi connectivity index (χ1n) is 8.21. The molecule has 1 aliphatic heterocycles. The predicted octanol–water partition coefficient (Wildman–Crippen LogP) is 2.27. The van der Waals surface area contributed by atoms with E-state index in [0.717, 1.165) is 17.1 Å². The van der Waals surface area contributed by atoms with Crippen LogP contribution < -0.4 is 5.32 Å². The second kappa shape index (κ2) is 6.86. The molecule has 4 rings (SSSR count).